The number of fused-ring (bicyclic) bond motifs is 1. The summed E-state index contributed by atoms with van der Waals surface area (Å²) in [6, 6.07) is 2.80. The molecule has 1 aliphatic rings. The minimum Gasteiger partial charge on any atom is -0.507 e. The van der Waals surface area contributed by atoms with Gasteiger partial charge in [-0.25, -0.2) is 4.79 Å². The van der Waals surface area contributed by atoms with Gasteiger partial charge in [0, 0.05) is 24.1 Å². The van der Waals surface area contributed by atoms with Crippen LogP contribution in [0.2, 0.25) is 0 Å². The highest BCUT2D eigenvalue weighted by Crippen LogP contribution is 2.44. The SMILES string of the molecule is C=C(C)[C@H]1Oc2cc(O)c(C(C)=O)cc2[C@@H]1OC(=O)/C(C)=C\COC(C)=O. The lowest BCUT2D eigenvalue weighted by Crippen LogP contribution is -2.24. The molecule has 144 valence electrons. The second kappa shape index (κ2) is 8.07. The monoisotopic (exact) mass is 374 g/mol. The van der Waals surface area contributed by atoms with Gasteiger partial charge in [0.15, 0.2) is 18.0 Å². The molecule has 1 aromatic carbocycles. The van der Waals surface area contributed by atoms with E-state index in [1.165, 1.54) is 39.0 Å². The number of esters is 2. The van der Waals surface area contributed by atoms with Crippen LogP contribution in [0.1, 0.15) is 49.7 Å². The minimum atomic E-state index is -0.819. The Morgan fingerprint density at radius 3 is 2.44 bits per heavy atom. The summed E-state index contributed by atoms with van der Waals surface area (Å²) >= 11 is 0. The standard InChI is InChI=1S/C20H22O7/c1-10(2)18-19(27-20(24)11(3)6-7-25-13(5)22)15-8-14(12(4)21)16(23)9-17(15)26-18/h6,8-9,18-19,23H,1,7H2,2-5H3/b11-6-/t18-,19+/m1/s1. The van der Waals surface area contributed by atoms with Crippen LogP contribution in [0.3, 0.4) is 0 Å². The molecule has 0 bridgehead atoms. The number of hydrogen-bond donors (Lipinski definition) is 1. The maximum atomic E-state index is 12.4. The van der Waals surface area contributed by atoms with Crippen molar-refractivity contribution in [3.8, 4) is 11.5 Å². The van der Waals surface area contributed by atoms with E-state index in [1.54, 1.807) is 6.92 Å². The van der Waals surface area contributed by atoms with Gasteiger partial charge in [-0.05, 0) is 38.5 Å². The van der Waals surface area contributed by atoms with E-state index in [4.69, 9.17) is 14.2 Å². The van der Waals surface area contributed by atoms with Crippen LogP contribution in [-0.4, -0.2) is 35.5 Å². The molecular formula is C20H22O7. The number of Topliss-reactive ketones (excluding diaryl/α,β-unsaturated/α-hetero) is 1. The Kier molecular flexibility index (Phi) is 6.05. The Balaban J connectivity index is 2.30. The van der Waals surface area contributed by atoms with Gasteiger partial charge in [-0.3, -0.25) is 9.59 Å². The van der Waals surface area contributed by atoms with E-state index in [2.05, 4.69) is 6.58 Å². The lowest BCUT2D eigenvalue weighted by Gasteiger charge is -2.20. The normalized spacial score (nSPS) is 18.3. The van der Waals surface area contributed by atoms with Crippen LogP contribution in [-0.2, 0) is 19.1 Å². The van der Waals surface area contributed by atoms with Gasteiger partial charge < -0.3 is 19.3 Å². The van der Waals surface area contributed by atoms with Gasteiger partial charge in [-0.15, -0.1) is 0 Å². The molecule has 0 amide bonds. The average molecular weight is 374 g/mol. The van der Waals surface area contributed by atoms with Gasteiger partial charge in [0.2, 0.25) is 0 Å². The molecule has 2 atom stereocenters. The van der Waals surface area contributed by atoms with Crippen LogP contribution in [0, 0.1) is 0 Å². The van der Waals surface area contributed by atoms with E-state index in [0.29, 0.717) is 16.9 Å². The molecular weight excluding hydrogens is 352 g/mol. The molecule has 0 unspecified atom stereocenters. The average Bonchev–Trinajstić information content (AvgIpc) is 2.91. The largest absolute Gasteiger partial charge is 0.507 e. The highest BCUT2D eigenvalue weighted by atomic mass is 16.6. The van der Waals surface area contributed by atoms with Crippen LogP contribution in [0.15, 0.2) is 35.9 Å². The molecule has 0 fully saturated rings. The molecule has 0 radical (unpaired) electrons. The van der Waals surface area contributed by atoms with Crippen LogP contribution < -0.4 is 4.74 Å². The summed E-state index contributed by atoms with van der Waals surface area (Å²) in [5.74, 6) is -1.27. The fourth-order valence-corrected chi connectivity index (χ4v) is 2.61. The first-order chi connectivity index (χ1) is 12.6. The first-order valence-corrected chi connectivity index (χ1v) is 8.32. The summed E-state index contributed by atoms with van der Waals surface area (Å²) in [6.45, 7) is 9.68. The van der Waals surface area contributed by atoms with Crippen molar-refractivity contribution in [2.24, 2.45) is 0 Å². The molecule has 7 nitrogen and oxygen atoms in total. The molecule has 2 rings (SSSR count). The molecule has 1 aliphatic heterocycles. The molecule has 0 aliphatic carbocycles. The van der Waals surface area contributed by atoms with E-state index in [1.807, 2.05) is 0 Å². The summed E-state index contributed by atoms with van der Waals surface area (Å²) < 4.78 is 16.1. The predicted molar refractivity (Wildman–Crippen MR) is 96.6 cm³/mol. The van der Waals surface area contributed by atoms with Crippen LogP contribution in [0.5, 0.6) is 11.5 Å². The smallest absolute Gasteiger partial charge is 0.334 e. The maximum Gasteiger partial charge on any atom is 0.334 e. The van der Waals surface area contributed by atoms with Gasteiger partial charge in [0.1, 0.15) is 18.1 Å². The number of benzene rings is 1. The van der Waals surface area contributed by atoms with Gasteiger partial charge >= 0.3 is 11.9 Å². The summed E-state index contributed by atoms with van der Waals surface area (Å²) in [4.78, 5) is 34.9. The molecule has 0 spiro atoms. The van der Waals surface area contributed by atoms with Crippen LogP contribution in [0.25, 0.3) is 0 Å². The van der Waals surface area contributed by atoms with Crippen molar-refractivity contribution >= 4 is 17.7 Å². The number of ether oxygens (including phenoxy) is 3. The number of carbonyl (C=O) groups is 3. The van der Waals surface area contributed by atoms with Crippen molar-refractivity contribution in [1.29, 1.82) is 0 Å². The lowest BCUT2D eigenvalue weighted by atomic mass is 9.98. The zero-order valence-corrected chi connectivity index (χ0v) is 15.7. The van der Waals surface area contributed by atoms with Crippen molar-refractivity contribution < 1.29 is 33.7 Å². The number of phenols is 1. The number of phenolic OH excluding ortho intramolecular Hbond substituents is 1. The van der Waals surface area contributed by atoms with Crippen molar-refractivity contribution in [2.45, 2.75) is 39.9 Å². The Labute approximate surface area is 157 Å². The number of aromatic hydroxyl groups is 1. The second-order valence-electron chi connectivity index (χ2n) is 6.36. The molecule has 1 aromatic rings. The fourth-order valence-electron chi connectivity index (χ4n) is 2.61. The highest BCUT2D eigenvalue weighted by molar-refractivity contribution is 5.97. The van der Waals surface area contributed by atoms with E-state index in [9.17, 15) is 19.5 Å². The summed E-state index contributed by atoms with van der Waals surface area (Å²) in [5, 5.41) is 9.99. The lowest BCUT2D eigenvalue weighted by molar-refractivity contribution is -0.147. The second-order valence-corrected chi connectivity index (χ2v) is 6.36. The zero-order chi connectivity index (χ0) is 20.3. The van der Waals surface area contributed by atoms with Crippen molar-refractivity contribution in [3.63, 3.8) is 0 Å². The number of carbonyl (C=O) groups excluding carboxylic acids is 3. The summed E-state index contributed by atoms with van der Waals surface area (Å²) in [7, 11) is 0. The van der Waals surface area contributed by atoms with Gasteiger partial charge in [0.05, 0.1) is 5.56 Å². The van der Waals surface area contributed by atoms with Crippen molar-refractivity contribution in [3.05, 3.63) is 47.1 Å². The molecule has 7 heteroatoms. The molecule has 1 N–H and O–H groups in total. The Bertz CT molecular complexity index is 835. The Morgan fingerprint density at radius 2 is 1.89 bits per heavy atom. The van der Waals surface area contributed by atoms with Crippen LogP contribution in [0.4, 0.5) is 0 Å². The Hall–Kier alpha value is -3.09. The van der Waals surface area contributed by atoms with Crippen molar-refractivity contribution in [2.75, 3.05) is 6.61 Å². The third kappa shape index (κ3) is 4.55. The zero-order valence-electron chi connectivity index (χ0n) is 15.7. The molecule has 0 saturated heterocycles. The van der Waals surface area contributed by atoms with E-state index < -0.39 is 24.1 Å². The van der Waals surface area contributed by atoms with E-state index in [0.717, 1.165) is 0 Å². The molecule has 0 aromatic heterocycles. The summed E-state index contributed by atoms with van der Waals surface area (Å²) in [6.07, 6.45) is -0.0266. The first-order valence-electron chi connectivity index (χ1n) is 8.32. The number of ketones is 1. The van der Waals surface area contributed by atoms with Gasteiger partial charge in [0.25, 0.3) is 0 Å². The van der Waals surface area contributed by atoms with Crippen LogP contribution >= 0.6 is 0 Å². The number of rotatable bonds is 6. The third-order valence-corrected chi connectivity index (χ3v) is 4.06. The maximum absolute atomic E-state index is 12.4. The highest BCUT2D eigenvalue weighted by Gasteiger charge is 2.39. The molecule has 1 heterocycles. The van der Waals surface area contributed by atoms with Gasteiger partial charge in [-0.2, -0.15) is 0 Å². The minimum absolute atomic E-state index is 0.0414. The molecule has 0 saturated carbocycles. The predicted octanol–water partition coefficient (Wildman–Crippen LogP) is 3.03. The third-order valence-electron chi connectivity index (χ3n) is 4.06. The Morgan fingerprint density at radius 1 is 1.22 bits per heavy atom. The fraction of sp³-hybridized carbons (Fsp3) is 0.350. The topological polar surface area (TPSA) is 99.1 Å². The molecule has 27 heavy (non-hydrogen) atoms. The summed E-state index contributed by atoms with van der Waals surface area (Å²) in [5.41, 5.74) is 1.47. The van der Waals surface area contributed by atoms with E-state index in [-0.39, 0.29) is 29.3 Å². The quantitative estimate of drug-likeness (QED) is 0.354. The van der Waals surface area contributed by atoms with Gasteiger partial charge in [-0.1, -0.05) is 6.58 Å². The first kappa shape index (κ1) is 20.2. The van der Waals surface area contributed by atoms with E-state index >= 15 is 0 Å². The van der Waals surface area contributed by atoms with Crippen molar-refractivity contribution in [1.82, 2.24) is 0 Å². The number of hydrogen-bond acceptors (Lipinski definition) is 7.